The summed E-state index contributed by atoms with van der Waals surface area (Å²) in [5.41, 5.74) is 12.7. The Morgan fingerprint density at radius 2 is 1.46 bits per heavy atom. The normalized spacial score (nSPS) is 12.6. The molecule has 0 unspecified atom stereocenters. The third-order valence-corrected chi connectivity index (χ3v) is 5.86. The third kappa shape index (κ3) is 12.0. The van der Waals surface area contributed by atoms with Crippen LogP contribution in [0.5, 0.6) is 0 Å². The molecule has 0 bridgehead atoms. The van der Waals surface area contributed by atoms with Crippen molar-refractivity contribution in [3.05, 3.63) is 70.3 Å². The summed E-state index contributed by atoms with van der Waals surface area (Å²) >= 11 is 0. The minimum atomic E-state index is -0.955. The largest absolute Gasteiger partial charge is 0.343 e. The first-order valence-electron chi connectivity index (χ1n) is 12.3. The van der Waals surface area contributed by atoms with Crippen LogP contribution in [0.4, 0.5) is 11.4 Å². The van der Waals surface area contributed by atoms with Gasteiger partial charge in [0.25, 0.3) is 5.69 Å². The fourth-order valence-corrected chi connectivity index (χ4v) is 3.56. The average molecular weight is 586 g/mol. The maximum atomic E-state index is 13.3. The molecule has 2 aromatic rings. The van der Waals surface area contributed by atoms with Gasteiger partial charge < -0.3 is 27.4 Å². The number of nitrogens with zero attached hydrogens (tertiary/aromatic N) is 1. The van der Waals surface area contributed by atoms with E-state index >= 15 is 0 Å². The van der Waals surface area contributed by atoms with Crippen molar-refractivity contribution in [3.8, 4) is 0 Å². The smallest absolute Gasteiger partial charge is 0.269 e. The van der Waals surface area contributed by atoms with Crippen LogP contribution in [0.1, 0.15) is 38.7 Å². The molecule has 0 heterocycles. The molecule has 2 aromatic carbocycles. The van der Waals surface area contributed by atoms with Crippen molar-refractivity contribution < 1.29 is 19.3 Å². The summed E-state index contributed by atoms with van der Waals surface area (Å²) in [5.74, 6) is -1.59. The summed E-state index contributed by atoms with van der Waals surface area (Å²) in [6.07, 6.45) is 1.77. The van der Waals surface area contributed by atoms with E-state index < -0.39 is 40.8 Å². The van der Waals surface area contributed by atoms with Gasteiger partial charge in [-0.1, -0.05) is 44.2 Å². The second-order valence-corrected chi connectivity index (χ2v) is 9.16. The van der Waals surface area contributed by atoms with Gasteiger partial charge in [-0.05, 0) is 49.4 Å². The number of carbonyl (C=O) groups excluding carboxylic acids is 3. The van der Waals surface area contributed by atoms with Gasteiger partial charge in [0.1, 0.15) is 12.1 Å². The van der Waals surface area contributed by atoms with E-state index in [2.05, 4.69) is 16.0 Å². The van der Waals surface area contributed by atoms with E-state index in [1.807, 2.05) is 44.2 Å². The number of hydrogen-bond acceptors (Lipinski definition) is 7. The molecule has 3 amide bonds. The Kier molecular flexibility index (Phi) is 16.6. The fraction of sp³-hybridized carbons (Fsp3) is 0.423. The first-order chi connectivity index (χ1) is 17.6. The van der Waals surface area contributed by atoms with Gasteiger partial charge in [-0.25, -0.2) is 0 Å². The van der Waals surface area contributed by atoms with Crippen LogP contribution in [0.25, 0.3) is 0 Å². The number of nitrogens with one attached hydrogen (secondary N) is 3. The second kappa shape index (κ2) is 18.1. The molecule has 0 fully saturated rings. The lowest BCUT2D eigenvalue weighted by Crippen LogP contribution is -2.56. The molecule has 216 valence electrons. The number of unbranched alkanes of at least 4 members (excludes halogenated alkanes) is 1. The van der Waals surface area contributed by atoms with Crippen molar-refractivity contribution in [2.24, 2.45) is 17.4 Å². The summed E-state index contributed by atoms with van der Waals surface area (Å²) < 4.78 is 0. The highest BCUT2D eigenvalue weighted by Gasteiger charge is 2.29. The number of nitro groups is 1. The summed E-state index contributed by atoms with van der Waals surface area (Å²) in [4.78, 5) is 49.4. The van der Waals surface area contributed by atoms with E-state index in [-0.39, 0.29) is 42.8 Å². The maximum absolute atomic E-state index is 13.3. The van der Waals surface area contributed by atoms with Crippen molar-refractivity contribution in [2.75, 3.05) is 11.9 Å². The van der Waals surface area contributed by atoms with Crippen LogP contribution in [0.3, 0.4) is 0 Å². The Balaban J connectivity index is 0.00000722. The second-order valence-electron chi connectivity index (χ2n) is 9.16. The van der Waals surface area contributed by atoms with E-state index in [9.17, 15) is 24.5 Å². The van der Waals surface area contributed by atoms with Crippen LogP contribution in [-0.4, -0.2) is 47.3 Å². The number of nitro benzene ring substituents is 1. The number of benzene rings is 2. The van der Waals surface area contributed by atoms with Crippen LogP contribution >= 0.6 is 24.8 Å². The third-order valence-electron chi connectivity index (χ3n) is 5.86. The van der Waals surface area contributed by atoms with E-state index in [4.69, 9.17) is 11.5 Å². The number of halogens is 2. The molecule has 0 saturated heterocycles. The minimum Gasteiger partial charge on any atom is -0.343 e. The molecule has 0 aliphatic carbocycles. The topological polar surface area (TPSA) is 182 Å². The van der Waals surface area contributed by atoms with E-state index in [0.717, 1.165) is 5.56 Å². The van der Waals surface area contributed by atoms with Crippen molar-refractivity contribution >= 4 is 53.9 Å². The van der Waals surface area contributed by atoms with E-state index in [1.54, 1.807) is 0 Å². The summed E-state index contributed by atoms with van der Waals surface area (Å²) in [7, 11) is 0. The number of hydrogen-bond donors (Lipinski definition) is 5. The van der Waals surface area contributed by atoms with Gasteiger partial charge in [0, 0.05) is 24.2 Å². The van der Waals surface area contributed by atoms with E-state index in [0.29, 0.717) is 31.5 Å². The Hall–Kier alpha value is -3.25. The van der Waals surface area contributed by atoms with Gasteiger partial charge in [-0.15, -0.1) is 24.8 Å². The molecule has 39 heavy (non-hydrogen) atoms. The molecule has 3 atom stereocenters. The number of carbonyl (C=O) groups is 3. The van der Waals surface area contributed by atoms with Crippen molar-refractivity contribution in [1.82, 2.24) is 10.6 Å². The van der Waals surface area contributed by atoms with Gasteiger partial charge in [-0.3, -0.25) is 24.5 Å². The molecule has 0 spiro atoms. The Labute approximate surface area is 240 Å². The zero-order chi connectivity index (χ0) is 27.4. The van der Waals surface area contributed by atoms with Gasteiger partial charge in [0.05, 0.1) is 11.0 Å². The highest BCUT2D eigenvalue weighted by molar-refractivity contribution is 5.98. The maximum Gasteiger partial charge on any atom is 0.269 e. The molecule has 7 N–H and O–H groups in total. The zero-order valence-corrected chi connectivity index (χ0v) is 23.6. The van der Waals surface area contributed by atoms with Gasteiger partial charge in [-0.2, -0.15) is 0 Å². The van der Waals surface area contributed by atoms with Gasteiger partial charge >= 0.3 is 0 Å². The summed E-state index contributed by atoms with van der Waals surface area (Å²) in [6.45, 7) is 4.06. The molecular weight excluding hydrogens is 547 g/mol. The first-order valence-corrected chi connectivity index (χ1v) is 12.3. The standard InChI is InChI=1S/C26H36N6O5.2ClH/c1-17(2)23(28)26(35)31-22(16-18-8-4-3-5-9-18)25(34)30-21(10-6-7-15-27)24(33)29-19-11-13-20(14-12-19)32(36)37;;/h3-5,8-9,11-14,17,21-23H,6-7,10,15-16,27-28H2,1-2H3,(H,29,33)(H,30,34)(H,31,35);2*1H/t21-,22-,23+;;/m0../s1. The molecule has 2 rings (SSSR count). The first kappa shape index (κ1) is 35.8. The predicted molar refractivity (Wildman–Crippen MR) is 156 cm³/mol. The number of non-ortho nitro benzene ring substituents is 1. The number of nitrogens with two attached hydrogens (primary N) is 2. The molecule has 0 aliphatic heterocycles. The zero-order valence-electron chi connectivity index (χ0n) is 22.0. The summed E-state index contributed by atoms with van der Waals surface area (Å²) in [6, 6.07) is 11.9. The Morgan fingerprint density at radius 3 is 2.00 bits per heavy atom. The highest BCUT2D eigenvalue weighted by Crippen LogP contribution is 2.16. The monoisotopic (exact) mass is 584 g/mol. The molecule has 0 aliphatic rings. The lowest BCUT2D eigenvalue weighted by molar-refractivity contribution is -0.384. The van der Waals surface area contributed by atoms with Crippen LogP contribution in [0.15, 0.2) is 54.6 Å². The number of rotatable bonds is 14. The van der Waals surface area contributed by atoms with E-state index in [1.165, 1.54) is 24.3 Å². The quantitative estimate of drug-likeness (QED) is 0.128. The SMILES string of the molecule is CC(C)[C@@H](N)C(=O)N[C@@H](Cc1ccccc1)C(=O)N[C@@H](CCCCN)C(=O)Nc1ccc([N+](=O)[O-])cc1.Cl.Cl. The number of anilines is 1. The highest BCUT2D eigenvalue weighted by atomic mass is 35.5. The van der Waals surface area contributed by atoms with Crippen molar-refractivity contribution in [3.63, 3.8) is 0 Å². The summed E-state index contributed by atoms with van der Waals surface area (Å²) in [5, 5.41) is 19.1. The van der Waals surface area contributed by atoms with Gasteiger partial charge in [0.15, 0.2) is 0 Å². The van der Waals surface area contributed by atoms with Crippen molar-refractivity contribution in [1.29, 1.82) is 0 Å². The molecular formula is C26H38Cl2N6O5. The lowest BCUT2D eigenvalue weighted by atomic mass is 10.0. The minimum absolute atomic E-state index is 0. The molecule has 11 nitrogen and oxygen atoms in total. The molecule has 0 radical (unpaired) electrons. The fourth-order valence-electron chi connectivity index (χ4n) is 3.56. The predicted octanol–water partition coefficient (Wildman–Crippen LogP) is 2.70. The van der Waals surface area contributed by atoms with Crippen LogP contribution in [0, 0.1) is 16.0 Å². The molecule has 0 aromatic heterocycles. The Bertz CT molecular complexity index is 1060. The molecule has 13 heteroatoms. The average Bonchev–Trinajstić information content (AvgIpc) is 2.88. The lowest BCUT2D eigenvalue weighted by Gasteiger charge is -2.25. The van der Waals surface area contributed by atoms with Crippen LogP contribution in [0.2, 0.25) is 0 Å². The Morgan fingerprint density at radius 1 is 0.872 bits per heavy atom. The van der Waals surface area contributed by atoms with Gasteiger partial charge in [0.2, 0.25) is 17.7 Å². The van der Waals surface area contributed by atoms with Crippen molar-refractivity contribution in [2.45, 2.75) is 57.7 Å². The van der Waals surface area contributed by atoms with Crippen LogP contribution < -0.4 is 27.4 Å². The van der Waals surface area contributed by atoms with Crippen LogP contribution in [-0.2, 0) is 20.8 Å². The number of amides is 3. The molecule has 0 saturated carbocycles.